The molecule has 10 heteroatoms. The highest BCUT2D eigenvalue weighted by atomic mass is 35.5. The first-order valence-electron chi connectivity index (χ1n) is 13.6. The number of benzene rings is 4. The van der Waals surface area contributed by atoms with Gasteiger partial charge in [-0.3, -0.25) is 24.0 Å². The van der Waals surface area contributed by atoms with E-state index in [1.807, 2.05) is 0 Å². The number of imide groups is 1. The SMILES string of the molecule is CC(=O)c1ccc(N2C(=O)CC(Sc3ccc(NC(=O)/C(=C/c4ccc(Cl)cc4)NC(=O)c4ccccc4)cc3)C2=O)cc1. The summed E-state index contributed by atoms with van der Waals surface area (Å²) >= 11 is 7.25. The molecule has 4 amide bonds. The summed E-state index contributed by atoms with van der Waals surface area (Å²) in [6.07, 6.45) is 1.59. The predicted octanol–water partition coefficient (Wildman–Crippen LogP) is 6.38. The highest BCUT2D eigenvalue weighted by Gasteiger charge is 2.40. The molecular weight excluding hydrogens is 598 g/mol. The van der Waals surface area contributed by atoms with Crippen molar-refractivity contribution < 1.29 is 24.0 Å². The van der Waals surface area contributed by atoms with Crippen LogP contribution in [0.5, 0.6) is 0 Å². The summed E-state index contributed by atoms with van der Waals surface area (Å²) in [5, 5.41) is 5.42. The number of nitrogens with one attached hydrogen (secondary N) is 2. The van der Waals surface area contributed by atoms with Crippen LogP contribution in [0.1, 0.15) is 39.6 Å². The molecule has 0 aromatic heterocycles. The molecule has 0 spiro atoms. The molecule has 0 aliphatic carbocycles. The van der Waals surface area contributed by atoms with Gasteiger partial charge in [0, 0.05) is 33.2 Å². The van der Waals surface area contributed by atoms with Crippen molar-refractivity contribution >= 4 is 70.2 Å². The van der Waals surface area contributed by atoms with Crippen molar-refractivity contribution in [2.45, 2.75) is 23.5 Å². The van der Waals surface area contributed by atoms with E-state index in [1.54, 1.807) is 109 Å². The largest absolute Gasteiger partial charge is 0.321 e. The van der Waals surface area contributed by atoms with Crippen molar-refractivity contribution in [1.29, 1.82) is 0 Å². The minimum absolute atomic E-state index is 0.0334. The smallest absolute Gasteiger partial charge is 0.272 e. The molecule has 1 atom stereocenters. The van der Waals surface area contributed by atoms with Crippen LogP contribution in [0, 0.1) is 0 Å². The molecule has 0 bridgehead atoms. The molecule has 4 aromatic carbocycles. The second kappa shape index (κ2) is 13.5. The van der Waals surface area contributed by atoms with Crippen LogP contribution in [0.4, 0.5) is 11.4 Å². The van der Waals surface area contributed by atoms with Crippen LogP contribution in [0.15, 0.2) is 114 Å². The maximum Gasteiger partial charge on any atom is 0.272 e. The number of ketones is 1. The number of anilines is 2. The molecule has 1 unspecified atom stereocenters. The van der Waals surface area contributed by atoms with Gasteiger partial charge in [0.1, 0.15) is 5.70 Å². The first-order chi connectivity index (χ1) is 21.2. The van der Waals surface area contributed by atoms with Gasteiger partial charge in [-0.15, -0.1) is 11.8 Å². The zero-order chi connectivity index (χ0) is 31.2. The van der Waals surface area contributed by atoms with Gasteiger partial charge in [-0.25, -0.2) is 4.90 Å². The number of carbonyl (C=O) groups is 5. The lowest BCUT2D eigenvalue weighted by atomic mass is 10.1. The standard InChI is InChI=1S/C34H26ClN3O5S/c1-21(39)23-9-15-27(16-10-23)38-31(40)20-30(34(38)43)44-28-17-13-26(14-18-28)36-33(42)29(19-22-7-11-25(35)12-8-22)37-32(41)24-5-3-2-4-6-24/h2-19,30H,20H2,1H3,(H,36,42)(H,37,41)/b29-19-. The van der Waals surface area contributed by atoms with Gasteiger partial charge in [0.05, 0.1) is 10.9 Å². The Hall–Kier alpha value is -4.99. The molecule has 220 valence electrons. The summed E-state index contributed by atoms with van der Waals surface area (Å²) in [7, 11) is 0. The highest BCUT2D eigenvalue weighted by Crippen LogP contribution is 2.34. The Balaban J connectivity index is 1.26. The van der Waals surface area contributed by atoms with Gasteiger partial charge in [-0.2, -0.15) is 0 Å². The zero-order valence-corrected chi connectivity index (χ0v) is 25.0. The summed E-state index contributed by atoms with van der Waals surface area (Å²) < 4.78 is 0. The van der Waals surface area contributed by atoms with Crippen LogP contribution >= 0.6 is 23.4 Å². The van der Waals surface area contributed by atoms with Gasteiger partial charge < -0.3 is 10.6 Å². The minimum Gasteiger partial charge on any atom is -0.321 e. The van der Waals surface area contributed by atoms with Crippen LogP contribution < -0.4 is 15.5 Å². The molecule has 1 saturated heterocycles. The fourth-order valence-corrected chi connectivity index (χ4v) is 5.64. The van der Waals surface area contributed by atoms with Gasteiger partial charge in [-0.05, 0) is 91.4 Å². The summed E-state index contributed by atoms with van der Waals surface area (Å²) in [6.45, 7) is 1.45. The Morgan fingerprint density at radius 3 is 2.14 bits per heavy atom. The summed E-state index contributed by atoms with van der Waals surface area (Å²) in [4.78, 5) is 65.4. The van der Waals surface area contributed by atoms with E-state index in [2.05, 4.69) is 10.6 Å². The molecule has 0 saturated carbocycles. The molecule has 1 aliphatic heterocycles. The third-order valence-corrected chi connectivity index (χ3v) is 8.19. The molecular formula is C34H26ClN3O5S. The van der Waals surface area contributed by atoms with Crippen molar-refractivity contribution in [2.24, 2.45) is 0 Å². The normalized spacial score (nSPS) is 14.8. The fraction of sp³-hybridized carbons (Fsp3) is 0.0882. The van der Waals surface area contributed by atoms with Crippen LogP contribution in [-0.2, 0) is 14.4 Å². The lowest BCUT2D eigenvalue weighted by Crippen LogP contribution is -2.31. The molecule has 0 radical (unpaired) electrons. The molecule has 1 aliphatic rings. The Labute approximate surface area is 263 Å². The maximum absolute atomic E-state index is 13.3. The van der Waals surface area contributed by atoms with E-state index in [-0.39, 0.29) is 29.7 Å². The third-order valence-electron chi connectivity index (χ3n) is 6.74. The van der Waals surface area contributed by atoms with Crippen LogP contribution in [0.25, 0.3) is 6.08 Å². The quantitative estimate of drug-likeness (QED) is 0.127. The molecule has 1 fully saturated rings. The van der Waals surface area contributed by atoms with Crippen LogP contribution in [-0.4, -0.2) is 34.7 Å². The van der Waals surface area contributed by atoms with E-state index in [0.29, 0.717) is 33.1 Å². The number of carbonyl (C=O) groups excluding carboxylic acids is 5. The Morgan fingerprint density at radius 2 is 1.50 bits per heavy atom. The lowest BCUT2D eigenvalue weighted by molar-refractivity contribution is -0.121. The third kappa shape index (κ3) is 7.31. The van der Waals surface area contributed by atoms with Gasteiger partial charge >= 0.3 is 0 Å². The number of hydrogen-bond donors (Lipinski definition) is 2. The van der Waals surface area contributed by atoms with E-state index in [4.69, 9.17) is 11.6 Å². The molecule has 44 heavy (non-hydrogen) atoms. The molecule has 1 heterocycles. The topological polar surface area (TPSA) is 113 Å². The second-order valence-electron chi connectivity index (χ2n) is 9.89. The van der Waals surface area contributed by atoms with Crippen molar-refractivity contribution in [3.63, 3.8) is 0 Å². The number of amides is 4. The summed E-state index contributed by atoms with van der Waals surface area (Å²) in [5.41, 5.74) is 2.49. The Kier molecular flexibility index (Phi) is 9.38. The van der Waals surface area contributed by atoms with E-state index >= 15 is 0 Å². The van der Waals surface area contributed by atoms with Crippen molar-refractivity contribution in [1.82, 2.24) is 5.32 Å². The highest BCUT2D eigenvalue weighted by molar-refractivity contribution is 8.00. The Morgan fingerprint density at radius 1 is 0.841 bits per heavy atom. The van der Waals surface area contributed by atoms with Gasteiger partial charge in [0.2, 0.25) is 11.8 Å². The van der Waals surface area contributed by atoms with Crippen molar-refractivity contribution in [2.75, 3.05) is 10.2 Å². The zero-order valence-electron chi connectivity index (χ0n) is 23.5. The van der Waals surface area contributed by atoms with Crippen LogP contribution in [0.2, 0.25) is 5.02 Å². The minimum atomic E-state index is -0.613. The van der Waals surface area contributed by atoms with E-state index in [1.165, 1.54) is 18.7 Å². The molecule has 4 aromatic rings. The maximum atomic E-state index is 13.3. The average molecular weight is 624 g/mol. The predicted molar refractivity (Wildman–Crippen MR) is 172 cm³/mol. The lowest BCUT2D eigenvalue weighted by Gasteiger charge is -2.15. The number of halogens is 1. The number of hydrogen-bond acceptors (Lipinski definition) is 6. The first kappa shape index (κ1) is 30.5. The van der Waals surface area contributed by atoms with E-state index < -0.39 is 17.1 Å². The monoisotopic (exact) mass is 623 g/mol. The van der Waals surface area contributed by atoms with Crippen molar-refractivity contribution in [3.05, 3.63) is 131 Å². The van der Waals surface area contributed by atoms with Crippen molar-refractivity contribution in [3.8, 4) is 0 Å². The first-order valence-corrected chi connectivity index (χ1v) is 14.8. The fourth-order valence-electron chi connectivity index (χ4n) is 4.46. The van der Waals surface area contributed by atoms with Gasteiger partial charge in [-0.1, -0.05) is 41.9 Å². The number of nitrogens with zero attached hydrogens (tertiary/aromatic N) is 1. The Bertz CT molecular complexity index is 1760. The summed E-state index contributed by atoms with van der Waals surface area (Å²) in [5.74, 6) is -1.72. The van der Waals surface area contributed by atoms with E-state index in [0.717, 1.165) is 9.80 Å². The molecule has 2 N–H and O–H groups in total. The number of rotatable bonds is 9. The van der Waals surface area contributed by atoms with Gasteiger partial charge in [0.15, 0.2) is 5.78 Å². The molecule has 5 rings (SSSR count). The molecule has 8 nitrogen and oxygen atoms in total. The number of thioether (sulfide) groups is 1. The second-order valence-corrected chi connectivity index (χ2v) is 11.6. The average Bonchev–Trinajstić information content (AvgIpc) is 3.30. The van der Waals surface area contributed by atoms with Gasteiger partial charge in [0.25, 0.3) is 11.8 Å². The van der Waals surface area contributed by atoms with E-state index in [9.17, 15) is 24.0 Å². The van der Waals surface area contributed by atoms with Crippen LogP contribution in [0.3, 0.4) is 0 Å². The number of Topliss-reactive ketones (excluding diaryl/α,β-unsaturated/α-hetero) is 1. The summed E-state index contributed by atoms with van der Waals surface area (Å²) in [6, 6.07) is 28.6.